The van der Waals surface area contributed by atoms with Gasteiger partial charge in [0.05, 0.1) is 0 Å². The first kappa shape index (κ1) is 25.1. The Kier molecular flexibility index (Phi) is 10.3. The van der Waals surface area contributed by atoms with E-state index in [1.165, 1.54) is 37.7 Å². The van der Waals surface area contributed by atoms with Crippen LogP contribution in [0.1, 0.15) is 5.56 Å². The van der Waals surface area contributed by atoms with Gasteiger partial charge in [-0.3, -0.25) is 0 Å². The van der Waals surface area contributed by atoms with Crippen LogP contribution in [-0.4, -0.2) is 0 Å². The van der Waals surface area contributed by atoms with Crippen molar-refractivity contribution < 1.29 is 35.6 Å². The first-order valence-corrected chi connectivity index (χ1v) is 9.89. The van der Waals surface area contributed by atoms with E-state index in [2.05, 4.69) is 110 Å². The summed E-state index contributed by atoms with van der Waals surface area (Å²) in [6.07, 6.45) is 0. The standard InChI is InChI=1S/C16H14P.C9H7.2FH.Zr/c1-12-11-13-7-5-6-10-15(13)16(12)17-14-8-3-2-4-9-14;1-2-5-9-7-3-6-8(9)4-1;;;/h2-11,17H,1H3;1-7H;2*1H;/q2*-1;;;+4/p-2. The van der Waals surface area contributed by atoms with Gasteiger partial charge in [0, 0.05) is 0 Å². The normalized spacial score (nSPS) is 9.97. The molecule has 0 nitrogen and oxygen atoms in total. The summed E-state index contributed by atoms with van der Waals surface area (Å²) in [7, 11) is 0.754. The molecule has 0 bridgehead atoms. The maximum absolute atomic E-state index is 2.29. The molecule has 4 heteroatoms. The van der Waals surface area contributed by atoms with Crippen LogP contribution in [0.4, 0.5) is 0 Å². The van der Waals surface area contributed by atoms with Gasteiger partial charge in [-0.2, -0.15) is 17.5 Å². The van der Waals surface area contributed by atoms with Crippen LogP contribution >= 0.6 is 8.58 Å². The monoisotopic (exact) mass is 480 g/mol. The van der Waals surface area contributed by atoms with E-state index in [0.29, 0.717) is 0 Å². The maximum atomic E-state index is 2.29. The zero-order valence-corrected chi connectivity index (χ0v) is 19.5. The Bertz CT molecular complexity index is 1100. The summed E-state index contributed by atoms with van der Waals surface area (Å²) in [5, 5.41) is 8.34. The van der Waals surface area contributed by atoms with Gasteiger partial charge in [0.1, 0.15) is 0 Å². The van der Waals surface area contributed by atoms with E-state index in [4.69, 9.17) is 0 Å². The first-order valence-electron chi connectivity index (χ1n) is 8.89. The predicted molar refractivity (Wildman–Crippen MR) is 118 cm³/mol. The molecule has 0 amide bonds. The minimum absolute atomic E-state index is 0. The minimum Gasteiger partial charge on any atom is -1.00 e. The van der Waals surface area contributed by atoms with Crippen molar-refractivity contribution in [3.8, 4) is 0 Å². The Morgan fingerprint density at radius 3 is 2.03 bits per heavy atom. The summed E-state index contributed by atoms with van der Waals surface area (Å²) in [5.74, 6) is 0. The van der Waals surface area contributed by atoms with Crippen LogP contribution in [0.3, 0.4) is 0 Å². The number of hydrogen-bond acceptors (Lipinski definition) is 0. The molecule has 0 N–H and O–H groups in total. The molecule has 0 aliphatic heterocycles. The van der Waals surface area contributed by atoms with Gasteiger partial charge in [0.25, 0.3) is 0 Å². The Labute approximate surface area is 191 Å². The third-order valence-electron chi connectivity index (χ3n) is 4.59. The van der Waals surface area contributed by atoms with Crippen LogP contribution in [0.2, 0.25) is 0 Å². The topological polar surface area (TPSA) is 0 Å². The molecule has 0 saturated carbocycles. The van der Waals surface area contributed by atoms with Crippen LogP contribution in [0.15, 0.2) is 103 Å². The molecule has 1 atom stereocenters. The fourth-order valence-corrected chi connectivity index (χ4v) is 4.55. The fraction of sp³-hybridized carbons (Fsp3) is 0.0400. The van der Waals surface area contributed by atoms with Crippen molar-refractivity contribution in [1.82, 2.24) is 0 Å². The minimum atomic E-state index is 0. The van der Waals surface area contributed by atoms with E-state index < -0.39 is 0 Å². The van der Waals surface area contributed by atoms with Crippen molar-refractivity contribution in [2.24, 2.45) is 0 Å². The average Bonchev–Trinajstić information content (AvgIpc) is 3.28. The summed E-state index contributed by atoms with van der Waals surface area (Å²) in [4.78, 5) is 0. The molecule has 5 rings (SSSR count). The summed E-state index contributed by atoms with van der Waals surface area (Å²) in [6, 6.07) is 36.3. The molecule has 5 aromatic rings. The summed E-state index contributed by atoms with van der Waals surface area (Å²) < 4.78 is 0. The number of halogens is 2. The molecule has 0 heterocycles. The second-order valence-corrected chi connectivity index (χ2v) is 7.76. The van der Waals surface area contributed by atoms with Crippen molar-refractivity contribution in [3.63, 3.8) is 0 Å². The van der Waals surface area contributed by atoms with Gasteiger partial charge in [0.2, 0.25) is 0 Å². The molecule has 0 fully saturated rings. The van der Waals surface area contributed by atoms with E-state index in [-0.39, 0.29) is 35.6 Å². The van der Waals surface area contributed by atoms with Gasteiger partial charge < -0.3 is 9.41 Å². The average molecular weight is 482 g/mol. The van der Waals surface area contributed by atoms with Crippen molar-refractivity contribution >= 4 is 40.7 Å². The number of benzene rings is 3. The van der Waals surface area contributed by atoms with Crippen LogP contribution in [0.5, 0.6) is 0 Å². The first-order chi connectivity index (χ1) is 12.8. The van der Waals surface area contributed by atoms with Crippen molar-refractivity contribution in [2.75, 3.05) is 0 Å². The number of rotatable bonds is 2. The molecule has 1 unspecified atom stereocenters. The van der Waals surface area contributed by atoms with Gasteiger partial charge in [-0.1, -0.05) is 49.4 Å². The molecule has 0 aromatic heterocycles. The van der Waals surface area contributed by atoms with E-state index >= 15 is 0 Å². The molecule has 144 valence electrons. The zero-order chi connectivity index (χ0) is 17.8. The van der Waals surface area contributed by atoms with E-state index in [1.54, 1.807) is 0 Å². The fourth-order valence-electron chi connectivity index (χ4n) is 3.27. The number of fused-ring (bicyclic) bond motifs is 2. The SMILES string of the molecule is Cc1[cH-]c2ccccc2c1Pc1ccccc1.[F-].[F-].[Zr+4].c1ccc2[cH-]ccc2c1. The zero-order valence-electron chi connectivity index (χ0n) is 16.1. The van der Waals surface area contributed by atoms with Crippen molar-refractivity contribution in [2.45, 2.75) is 6.92 Å². The Hall–Kier alpha value is -1.95. The Morgan fingerprint density at radius 1 is 0.690 bits per heavy atom. The third-order valence-corrected chi connectivity index (χ3v) is 6.12. The Morgan fingerprint density at radius 2 is 1.31 bits per heavy atom. The smallest absolute Gasteiger partial charge is 1.00 e. The summed E-state index contributed by atoms with van der Waals surface area (Å²) in [5.41, 5.74) is 1.41. The quantitative estimate of drug-likeness (QED) is 0.247. The molecule has 0 aliphatic carbocycles. The molecular weight excluding hydrogens is 460 g/mol. The molecule has 0 aliphatic rings. The van der Waals surface area contributed by atoms with Crippen LogP contribution in [-0.2, 0) is 26.2 Å². The van der Waals surface area contributed by atoms with Gasteiger partial charge in [-0.15, -0.1) is 84.1 Å². The van der Waals surface area contributed by atoms with Crippen LogP contribution < -0.4 is 20.0 Å². The largest absolute Gasteiger partial charge is 4.00 e. The van der Waals surface area contributed by atoms with Crippen molar-refractivity contribution in [3.05, 3.63) is 109 Å². The van der Waals surface area contributed by atoms with Crippen LogP contribution in [0.25, 0.3) is 21.5 Å². The molecule has 5 aromatic carbocycles. The Balaban J connectivity index is 0.000000302. The number of hydrogen-bond donors (Lipinski definition) is 0. The number of aryl methyl sites for hydroxylation is 1. The second-order valence-electron chi connectivity index (χ2n) is 6.44. The van der Waals surface area contributed by atoms with Crippen LogP contribution in [0, 0.1) is 6.92 Å². The summed E-state index contributed by atoms with van der Waals surface area (Å²) >= 11 is 0. The van der Waals surface area contributed by atoms with Gasteiger partial charge in [-0.25, -0.2) is 0 Å². The maximum Gasteiger partial charge on any atom is 4.00 e. The van der Waals surface area contributed by atoms with Gasteiger partial charge >= 0.3 is 26.2 Å². The third kappa shape index (κ3) is 6.02. The van der Waals surface area contributed by atoms with Gasteiger partial charge in [-0.05, 0) is 5.30 Å². The molecule has 0 radical (unpaired) electrons. The van der Waals surface area contributed by atoms with Crippen molar-refractivity contribution in [1.29, 1.82) is 0 Å². The second kappa shape index (κ2) is 11.9. The van der Waals surface area contributed by atoms with E-state index in [0.717, 1.165) is 8.58 Å². The van der Waals surface area contributed by atoms with E-state index in [1.807, 2.05) is 0 Å². The molecule has 0 spiro atoms. The molecule has 0 saturated heterocycles. The molecular formula is C25H21F2PZr. The van der Waals surface area contributed by atoms with Gasteiger partial charge in [0.15, 0.2) is 0 Å². The summed E-state index contributed by atoms with van der Waals surface area (Å²) in [6.45, 7) is 2.21. The molecule has 29 heavy (non-hydrogen) atoms. The predicted octanol–water partition coefficient (Wildman–Crippen LogP) is 0.0606. The van der Waals surface area contributed by atoms with E-state index in [9.17, 15) is 0 Å².